The molecule has 0 atom stereocenters. The van der Waals surface area contributed by atoms with E-state index in [1.807, 2.05) is 13.0 Å². The molecule has 0 aliphatic carbocycles. The largest absolute Gasteiger partial charge is 0.483 e. The van der Waals surface area contributed by atoms with E-state index in [-0.39, 0.29) is 0 Å². The summed E-state index contributed by atoms with van der Waals surface area (Å²) in [6, 6.07) is 2.04. The van der Waals surface area contributed by atoms with Crippen LogP contribution in [-0.4, -0.2) is 19.2 Å². The molecule has 0 bridgehead atoms. The molecule has 86 valence electrons. The molecular formula is C11H13NO3S. The number of hydrogen-bond acceptors (Lipinski definition) is 5. The van der Waals surface area contributed by atoms with Gasteiger partial charge in [0.2, 0.25) is 0 Å². The Morgan fingerprint density at radius 3 is 2.62 bits per heavy atom. The number of carbonyl (C=O) groups excluding carboxylic acids is 1. The zero-order valence-electron chi connectivity index (χ0n) is 9.49. The van der Waals surface area contributed by atoms with E-state index in [2.05, 4.69) is 0 Å². The van der Waals surface area contributed by atoms with Crippen molar-refractivity contribution in [3.8, 4) is 11.1 Å². The minimum atomic E-state index is -0.396. The summed E-state index contributed by atoms with van der Waals surface area (Å²) in [6.45, 7) is 6.10. The van der Waals surface area contributed by atoms with Crippen LogP contribution in [0.15, 0.2) is 0 Å². The van der Waals surface area contributed by atoms with Gasteiger partial charge < -0.3 is 9.47 Å². The molecule has 1 aromatic rings. The van der Waals surface area contributed by atoms with Crippen molar-refractivity contribution in [3.63, 3.8) is 0 Å². The van der Waals surface area contributed by atoms with Crippen LogP contribution in [-0.2, 0) is 4.74 Å². The second-order valence-electron chi connectivity index (χ2n) is 2.98. The molecule has 0 amide bonds. The lowest BCUT2D eigenvalue weighted by Crippen LogP contribution is -2.03. The monoisotopic (exact) mass is 239 g/mol. The molecule has 0 radical (unpaired) electrons. The minimum absolute atomic E-state index is 0.321. The molecule has 0 aliphatic heterocycles. The van der Waals surface area contributed by atoms with Gasteiger partial charge in [0, 0.05) is 0 Å². The van der Waals surface area contributed by atoms with Gasteiger partial charge in [0.15, 0.2) is 5.06 Å². The minimum Gasteiger partial charge on any atom is -0.483 e. The second kappa shape index (κ2) is 5.52. The number of carbonyl (C=O) groups is 1. The molecule has 0 fully saturated rings. The summed E-state index contributed by atoms with van der Waals surface area (Å²) in [4.78, 5) is 12.0. The molecule has 0 N–H and O–H groups in total. The summed E-state index contributed by atoms with van der Waals surface area (Å²) >= 11 is 1.16. The molecule has 0 aromatic carbocycles. The highest BCUT2D eigenvalue weighted by molar-refractivity contribution is 7.16. The molecule has 0 spiro atoms. The van der Waals surface area contributed by atoms with Gasteiger partial charge in [-0.1, -0.05) is 11.3 Å². The topological polar surface area (TPSA) is 59.3 Å². The number of ether oxygens (including phenoxy) is 2. The average molecular weight is 239 g/mol. The summed E-state index contributed by atoms with van der Waals surface area (Å²) < 4.78 is 10.2. The average Bonchev–Trinajstić information content (AvgIpc) is 2.56. The number of thiophene rings is 1. The van der Waals surface area contributed by atoms with Crippen molar-refractivity contribution in [1.82, 2.24) is 0 Å². The van der Waals surface area contributed by atoms with Crippen molar-refractivity contribution in [2.75, 3.05) is 13.2 Å². The van der Waals surface area contributed by atoms with Crippen LogP contribution in [0, 0.1) is 18.3 Å². The maximum absolute atomic E-state index is 11.6. The number of rotatable bonds is 4. The van der Waals surface area contributed by atoms with Crippen molar-refractivity contribution in [3.05, 3.63) is 16.0 Å². The van der Waals surface area contributed by atoms with Crippen LogP contribution < -0.4 is 4.74 Å². The first kappa shape index (κ1) is 12.5. The van der Waals surface area contributed by atoms with Crippen LogP contribution in [0.5, 0.6) is 5.06 Å². The highest BCUT2D eigenvalue weighted by atomic mass is 32.1. The Bertz CT molecular complexity index is 431. The van der Waals surface area contributed by atoms with Gasteiger partial charge in [0.05, 0.1) is 13.2 Å². The maximum Gasteiger partial charge on any atom is 0.348 e. The van der Waals surface area contributed by atoms with Gasteiger partial charge in [0.1, 0.15) is 16.5 Å². The number of esters is 1. The third-order valence-corrected chi connectivity index (χ3v) is 3.15. The van der Waals surface area contributed by atoms with Gasteiger partial charge in [-0.2, -0.15) is 5.26 Å². The zero-order valence-corrected chi connectivity index (χ0v) is 10.3. The summed E-state index contributed by atoms with van der Waals surface area (Å²) in [5, 5.41) is 9.47. The molecule has 16 heavy (non-hydrogen) atoms. The van der Waals surface area contributed by atoms with E-state index >= 15 is 0 Å². The fourth-order valence-electron chi connectivity index (χ4n) is 1.24. The molecule has 1 heterocycles. The van der Waals surface area contributed by atoms with E-state index in [1.54, 1.807) is 13.8 Å². The van der Waals surface area contributed by atoms with E-state index < -0.39 is 5.97 Å². The van der Waals surface area contributed by atoms with Crippen LogP contribution in [0.2, 0.25) is 0 Å². The molecule has 0 saturated carbocycles. The molecule has 0 aliphatic rings. The lowest BCUT2D eigenvalue weighted by Gasteiger charge is -1.98. The Hall–Kier alpha value is -1.54. The van der Waals surface area contributed by atoms with Gasteiger partial charge >= 0.3 is 5.97 Å². The normalized spacial score (nSPS) is 9.62. The molecular weight excluding hydrogens is 226 g/mol. The van der Waals surface area contributed by atoms with Crippen molar-refractivity contribution < 1.29 is 14.3 Å². The first-order valence-electron chi connectivity index (χ1n) is 4.99. The fourth-order valence-corrected chi connectivity index (χ4v) is 2.30. The van der Waals surface area contributed by atoms with Crippen LogP contribution in [0.25, 0.3) is 0 Å². The van der Waals surface area contributed by atoms with E-state index in [9.17, 15) is 4.79 Å². The Labute approximate surface area is 98.4 Å². The fraction of sp³-hybridized carbons (Fsp3) is 0.455. The Morgan fingerprint density at radius 1 is 1.44 bits per heavy atom. The Kier molecular flexibility index (Phi) is 4.32. The van der Waals surface area contributed by atoms with Gasteiger partial charge in [-0.05, 0) is 26.3 Å². The van der Waals surface area contributed by atoms with Gasteiger partial charge in [-0.25, -0.2) is 4.79 Å². The van der Waals surface area contributed by atoms with Gasteiger partial charge in [-0.3, -0.25) is 0 Å². The summed E-state index contributed by atoms with van der Waals surface area (Å²) in [6.07, 6.45) is 0. The van der Waals surface area contributed by atoms with Crippen molar-refractivity contribution >= 4 is 17.3 Å². The first-order valence-corrected chi connectivity index (χ1v) is 5.80. The number of nitrogens with zero attached hydrogens (tertiary/aromatic N) is 1. The smallest absolute Gasteiger partial charge is 0.348 e. The maximum atomic E-state index is 11.6. The molecule has 0 saturated heterocycles. The quantitative estimate of drug-likeness (QED) is 0.757. The standard InChI is InChI=1S/C11H13NO3S/c1-4-14-10(13)9-7(3)8(6-12)11(16-9)15-5-2/h4-5H2,1-3H3. The van der Waals surface area contributed by atoms with E-state index in [1.165, 1.54) is 0 Å². The third-order valence-electron chi connectivity index (χ3n) is 1.96. The van der Waals surface area contributed by atoms with Crippen molar-refractivity contribution in [2.45, 2.75) is 20.8 Å². The Balaban J connectivity index is 3.13. The lowest BCUT2D eigenvalue weighted by atomic mass is 10.2. The van der Waals surface area contributed by atoms with Crippen molar-refractivity contribution in [1.29, 1.82) is 5.26 Å². The molecule has 5 heteroatoms. The van der Waals surface area contributed by atoms with Gasteiger partial charge in [0.25, 0.3) is 0 Å². The second-order valence-corrected chi connectivity index (χ2v) is 3.97. The first-order chi connectivity index (χ1) is 7.65. The van der Waals surface area contributed by atoms with Crippen molar-refractivity contribution in [2.24, 2.45) is 0 Å². The van der Waals surface area contributed by atoms with E-state index in [0.717, 1.165) is 11.3 Å². The summed E-state index contributed by atoms with van der Waals surface area (Å²) in [5.41, 5.74) is 1.06. The zero-order chi connectivity index (χ0) is 12.1. The predicted molar refractivity (Wildman–Crippen MR) is 60.9 cm³/mol. The van der Waals surface area contributed by atoms with Crippen LogP contribution in [0.4, 0.5) is 0 Å². The Morgan fingerprint density at radius 2 is 2.12 bits per heavy atom. The molecule has 1 aromatic heterocycles. The third kappa shape index (κ3) is 2.34. The molecule has 1 rings (SSSR count). The highest BCUT2D eigenvalue weighted by Crippen LogP contribution is 2.34. The number of hydrogen-bond donors (Lipinski definition) is 0. The number of nitriles is 1. The summed E-state index contributed by atoms with van der Waals surface area (Å²) in [7, 11) is 0. The van der Waals surface area contributed by atoms with E-state index in [0.29, 0.717) is 34.3 Å². The van der Waals surface area contributed by atoms with E-state index in [4.69, 9.17) is 14.7 Å². The van der Waals surface area contributed by atoms with Crippen LogP contribution in [0.3, 0.4) is 0 Å². The van der Waals surface area contributed by atoms with Crippen LogP contribution in [0.1, 0.15) is 34.6 Å². The highest BCUT2D eigenvalue weighted by Gasteiger charge is 2.21. The van der Waals surface area contributed by atoms with Crippen LogP contribution >= 0.6 is 11.3 Å². The predicted octanol–water partition coefficient (Wildman–Crippen LogP) is 2.50. The summed E-state index contributed by atoms with van der Waals surface area (Å²) in [5.74, 6) is -0.396. The molecule has 0 unspecified atom stereocenters. The van der Waals surface area contributed by atoms with Gasteiger partial charge in [-0.15, -0.1) is 0 Å². The SMILES string of the molecule is CCOC(=O)c1sc(OCC)c(C#N)c1C. The molecule has 4 nitrogen and oxygen atoms in total. The lowest BCUT2D eigenvalue weighted by molar-refractivity contribution is 0.0531.